The van der Waals surface area contributed by atoms with Crippen LogP contribution in [0.4, 0.5) is 5.69 Å². The molecule has 5 bridgehead atoms. The molecule has 1 aromatic rings. The molecular weight excluding hydrogens is 328 g/mol. The lowest BCUT2D eigenvalue weighted by molar-refractivity contribution is -0.179. The molecular formula is C21H24N2O3. The number of ether oxygens (including phenoxy) is 1. The van der Waals surface area contributed by atoms with E-state index in [4.69, 9.17) is 4.74 Å². The summed E-state index contributed by atoms with van der Waals surface area (Å²) in [6.07, 6.45) is 3.15. The Bertz CT molecular complexity index is 867. The minimum atomic E-state index is -0.848. The lowest BCUT2D eigenvalue weighted by atomic mass is 9.58. The predicted octanol–water partition coefficient (Wildman–Crippen LogP) is 1.68. The summed E-state index contributed by atoms with van der Waals surface area (Å²) in [6.45, 7) is 2.96. The van der Waals surface area contributed by atoms with E-state index in [1.807, 2.05) is 12.1 Å². The van der Waals surface area contributed by atoms with Crippen molar-refractivity contribution in [3.63, 3.8) is 0 Å². The van der Waals surface area contributed by atoms with Crippen molar-refractivity contribution in [1.29, 1.82) is 0 Å². The number of methoxy groups -OCH3 is 1. The van der Waals surface area contributed by atoms with Crippen molar-refractivity contribution in [1.82, 2.24) is 4.90 Å². The topological polar surface area (TPSA) is 61.8 Å². The molecule has 0 aromatic heterocycles. The lowest BCUT2D eigenvalue weighted by Crippen LogP contribution is -2.71. The van der Waals surface area contributed by atoms with Gasteiger partial charge in [-0.1, -0.05) is 29.8 Å². The molecule has 4 saturated heterocycles. The van der Waals surface area contributed by atoms with E-state index in [1.165, 1.54) is 18.2 Å². The van der Waals surface area contributed by atoms with Crippen LogP contribution in [-0.4, -0.2) is 53.9 Å². The molecule has 7 rings (SSSR count). The Balaban J connectivity index is 1.65. The second-order valence-electron chi connectivity index (χ2n) is 8.65. The van der Waals surface area contributed by atoms with Crippen molar-refractivity contribution < 1.29 is 14.6 Å². The number of carbonyl (C=O) groups excluding carboxylic acids is 1. The van der Waals surface area contributed by atoms with E-state index in [1.54, 1.807) is 0 Å². The first-order valence-electron chi connectivity index (χ1n) is 9.64. The molecule has 1 saturated carbocycles. The molecule has 136 valence electrons. The molecule has 8 atom stereocenters. The van der Waals surface area contributed by atoms with Gasteiger partial charge in [-0.05, 0) is 31.4 Å². The van der Waals surface area contributed by atoms with Crippen LogP contribution in [0.5, 0.6) is 0 Å². The van der Waals surface area contributed by atoms with E-state index in [0.717, 1.165) is 25.1 Å². The van der Waals surface area contributed by atoms with Gasteiger partial charge in [0.2, 0.25) is 0 Å². The average Bonchev–Trinajstić information content (AvgIpc) is 3.13. The van der Waals surface area contributed by atoms with Gasteiger partial charge in [-0.15, -0.1) is 0 Å². The third-order valence-corrected chi connectivity index (χ3v) is 8.30. The second-order valence-corrected chi connectivity index (χ2v) is 8.65. The molecule has 2 N–H and O–H groups in total. The van der Waals surface area contributed by atoms with Crippen molar-refractivity contribution in [2.45, 2.75) is 49.4 Å². The van der Waals surface area contributed by atoms with E-state index in [9.17, 15) is 9.90 Å². The zero-order valence-corrected chi connectivity index (χ0v) is 15.1. The molecule has 5 heterocycles. The van der Waals surface area contributed by atoms with Gasteiger partial charge in [0, 0.05) is 35.6 Å². The number of aliphatic hydroxyl groups is 1. The Labute approximate surface area is 153 Å². The molecule has 5 aliphatic heterocycles. The third kappa shape index (κ3) is 1.28. The summed E-state index contributed by atoms with van der Waals surface area (Å²) in [6, 6.07) is 8.89. The summed E-state index contributed by atoms with van der Waals surface area (Å²) < 4.78 is 5.34. The number of para-hydroxylation sites is 1. The first kappa shape index (κ1) is 15.2. The molecule has 0 radical (unpaired) electrons. The minimum Gasteiger partial charge on any atom is -0.468 e. The number of piperidine rings is 4. The maximum absolute atomic E-state index is 13.2. The fraction of sp³-hybridized carbons (Fsp3) is 0.571. The number of fused-ring (bicyclic) bond motifs is 2. The molecule has 5 fully saturated rings. The molecule has 5 nitrogen and oxygen atoms in total. The lowest BCUT2D eigenvalue weighted by Gasteiger charge is -2.60. The molecule has 1 aromatic carbocycles. The highest BCUT2D eigenvalue weighted by Gasteiger charge is 2.82. The fourth-order valence-corrected chi connectivity index (χ4v) is 7.49. The van der Waals surface area contributed by atoms with Gasteiger partial charge in [0.25, 0.3) is 0 Å². The first-order valence-corrected chi connectivity index (χ1v) is 9.64. The molecule has 5 heteroatoms. The van der Waals surface area contributed by atoms with Crippen molar-refractivity contribution in [2.75, 3.05) is 19.0 Å². The number of hydrogen-bond acceptors (Lipinski definition) is 5. The normalized spacial score (nSPS) is 50.5. The van der Waals surface area contributed by atoms with E-state index >= 15 is 0 Å². The maximum Gasteiger partial charge on any atom is 0.316 e. The summed E-state index contributed by atoms with van der Waals surface area (Å²) in [5, 5.41) is 15.6. The van der Waals surface area contributed by atoms with Crippen molar-refractivity contribution in [2.24, 2.45) is 11.3 Å². The predicted molar refractivity (Wildman–Crippen MR) is 96.7 cm³/mol. The SMILES string of the molecule is C/C=C1/CN2[C@H]3C[C@@]45c6ccccc6N[C@@H]4[C@@H]2C[C@H]1[C@]3(C(=O)OC)[C@@H]5O. The van der Waals surface area contributed by atoms with Gasteiger partial charge in [-0.25, -0.2) is 0 Å². The number of aliphatic hydroxyl groups excluding tert-OH is 1. The van der Waals surface area contributed by atoms with Gasteiger partial charge < -0.3 is 15.2 Å². The van der Waals surface area contributed by atoms with E-state index in [0.29, 0.717) is 6.04 Å². The average molecular weight is 352 g/mol. The van der Waals surface area contributed by atoms with Gasteiger partial charge in [-0.3, -0.25) is 9.69 Å². The highest BCUT2D eigenvalue weighted by atomic mass is 16.5. The molecule has 6 aliphatic rings. The standard InChI is InChI=1S/C21H24N2O3/c1-3-11-10-23-15-8-13(11)21(19(25)26-2)16(23)9-20(18(21)24)12-6-4-5-7-14(12)22-17(15)20/h3-7,13,15-18,22,24H,8-10H2,1-2H3/b11-3-/t13-,15+,16+,17-,18-,20-,21-/m1/s1. The minimum absolute atomic E-state index is 0.0570. The number of rotatable bonds is 1. The molecule has 1 spiro atoms. The van der Waals surface area contributed by atoms with Crippen LogP contribution in [0.3, 0.4) is 0 Å². The summed E-state index contributed by atoms with van der Waals surface area (Å²) in [5.74, 6) is -0.154. The quantitative estimate of drug-likeness (QED) is 0.595. The third-order valence-electron chi connectivity index (χ3n) is 8.30. The van der Waals surface area contributed by atoms with Crippen LogP contribution in [-0.2, 0) is 14.9 Å². The summed E-state index contributed by atoms with van der Waals surface area (Å²) >= 11 is 0. The molecule has 26 heavy (non-hydrogen) atoms. The number of carbonyl (C=O) groups is 1. The zero-order chi connectivity index (χ0) is 17.8. The number of hydrogen-bond donors (Lipinski definition) is 2. The monoisotopic (exact) mass is 352 g/mol. The summed E-state index contributed by atoms with van der Waals surface area (Å²) in [7, 11) is 1.46. The number of nitrogens with zero attached hydrogens (tertiary/aromatic N) is 1. The molecule has 1 unspecified atom stereocenters. The van der Waals surface area contributed by atoms with Crippen LogP contribution in [0, 0.1) is 11.3 Å². The Hall–Kier alpha value is -1.85. The summed E-state index contributed by atoms with van der Waals surface area (Å²) in [5.41, 5.74) is 2.34. The van der Waals surface area contributed by atoms with E-state index < -0.39 is 16.9 Å². The van der Waals surface area contributed by atoms with Crippen molar-refractivity contribution >= 4 is 11.7 Å². The van der Waals surface area contributed by atoms with E-state index in [2.05, 4.69) is 35.3 Å². The van der Waals surface area contributed by atoms with Gasteiger partial charge >= 0.3 is 5.97 Å². The molecule has 1 aliphatic carbocycles. The Kier molecular flexibility index (Phi) is 2.65. The number of allylic oxidation sites excluding steroid dienone is 1. The van der Waals surface area contributed by atoms with Crippen LogP contribution in [0.15, 0.2) is 35.9 Å². The highest BCUT2D eigenvalue weighted by molar-refractivity contribution is 5.84. The number of benzene rings is 1. The van der Waals surface area contributed by atoms with Crippen LogP contribution >= 0.6 is 0 Å². The van der Waals surface area contributed by atoms with Crippen LogP contribution in [0.2, 0.25) is 0 Å². The van der Waals surface area contributed by atoms with Gasteiger partial charge in [0.15, 0.2) is 0 Å². The van der Waals surface area contributed by atoms with Crippen molar-refractivity contribution in [3.8, 4) is 0 Å². The Morgan fingerprint density at radius 1 is 1.42 bits per heavy atom. The molecule has 0 amide bonds. The smallest absolute Gasteiger partial charge is 0.316 e. The van der Waals surface area contributed by atoms with Crippen LogP contribution in [0.25, 0.3) is 0 Å². The fourth-order valence-electron chi connectivity index (χ4n) is 7.49. The van der Waals surface area contributed by atoms with Gasteiger partial charge in [-0.2, -0.15) is 0 Å². The Morgan fingerprint density at radius 3 is 3.00 bits per heavy atom. The summed E-state index contributed by atoms with van der Waals surface area (Å²) in [4.78, 5) is 15.7. The zero-order valence-electron chi connectivity index (χ0n) is 15.1. The largest absolute Gasteiger partial charge is 0.468 e. The number of nitrogens with one attached hydrogen (secondary N) is 1. The highest BCUT2D eigenvalue weighted by Crippen LogP contribution is 2.71. The second kappa shape index (κ2) is 4.52. The first-order chi connectivity index (χ1) is 12.6. The van der Waals surface area contributed by atoms with Crippen LogP contribution < -0.4 is 5.32 Å². The van der Waals surface area contributed by atoms with Gasteiger partial charge in [0.1, 0.15) is 5.41 Å². The van der Waals surface area contributed by atoms with Gasteiger partial charge in [0.05, 0.1) is 19.3 Å². The Morgan fingerprint density at radius 2 is 2.23 bits per heavy atom. The van der Waals surface area contributed by atoms with Crippen LogP contribution in [0.1, 0.15) is 25.3 Å². The van der Waals surface area contributed by atoms with Crippen molar-refractivity contribution in [3.05, 3.63) is 41.5 Å². The number of esters is 1. The number of anilines is 1. The maximum atomic E-state index is 13.2. The van der Waals surface area contributed by atoms with E-state index in [-0.39, 0.29) is 24.0 Å².